The summed E-state index contributed by atoms with van der Waals surface area (Å²) in [4.78, 5) is 15.0. The summed E-state index contributed by atoms with van der Waals surface area (Å²) in [6.07, 6.45) is 2.30. The van der Waals surface area contributed by atoms with Gasteiger partial charge in [-0.3, -0.25) is 0 Å². The molecule has 0 amide bonds. The van der Waals surface area contributed by atoms with Gasteiger partial charge in [-0.25, -0.2) is 12.7 Å². The van der Waals surface area contributed by atoms with Gasteiger partial charge in [0.1, 0.15) is 11.5 Å². The molecular weight excluding hydrogens is 388 g/mol. The Morgan fingerprint density at radius 1 is 1.17 bits per heavy atom. The van der Waals surface area contributed by atoms with Crippen LogP contribution >= 0.6 is 0 Å². The minimum Gasteiger partial charge on any atom is -0.343 e. The predicted octanol–water partition coefficient (Wildman–Crippen LogP) is 3.00. The number of aryl methyl sites for hydroxylation is 1. The minimum atomic E-state index is -3.32. The van der Waals surface area contributed by atoms with Crippen LogP contribution in [0, 0.1) is 6.92 Å². The molecule has 2 aromatic heterocycles. The Hall–Kier alpha value is -2.65. The lowest BCUT2D eigenvalue weighted by atomic mass is 10.2. The zero-order chi connectivity index (χ0) is 20.6. The van der Waals surface area contributed by atoms with E-state index in [0.717, 1.165) is 53.9 Å². The molecule has 2 N–H and O–H groups in total. The molecule has 3 heterocycles. The topological polar surface area (TPSA) is 94.2 Å². The van der Waals surface area contributed by atoms with Crippen LogP contribution in [0.25, 0.3) is 11.0 Å². The molecule has 0 saturated carbocycles. The zero-order valence-electron chi connectivity index (χ0n) is 16.9. The summed E-state index contributed by atoms with van der Waals surface area (Å²) in [7, 11) is -0.232. The maximum atomic E-state index is 12.2. The summed E-state index contributed by atoms with van der Waals surface area (Å²) in [5, 5.41) is 4.29. The molecular formula is C20H26N6O2S. The van der Waals surface area contributed by atoms with Crippen LogP contribution in [0.1, 0.15) is 24.1 Å². The van der Waals surface area contributed by atoms with Crippen LogP contribution in [0.4, 0.5) is 17.5 Å². The van der Waals surface area contributed by atoms with Gasteiger partial charge in [0, 0.05) is 38.6 Å². The number of sulfonamides is 1. The first kappa shape index (κ1) is 19.7. The van der Waals surface area contributed by atoms with Crippen molar-refractivity contribution in [3.05, 3.63) is 41.6 Å². The Balaban J connectivity index is 1.68. The Morgan fingerprint density at radius 3 is 2.66 bits per heavy atom. The Morgan fingerprint density at radius 2 is 1.93 bits per heavy atom. The SMILES string of the molecule is Cc1cc2c(Nc3cccc(CS(=O)(=O)N(C)C)c3)nc(N3CCCC3)nc2[nH]1. The van der Waals surface area contributed by atoms with E-state index in [2.05, 4.69) is 15.2 Å². The van der Waals surface area contributed by atoms with Crippen molar-refractivity contribution in [3.8, 4) is 0 Å². The van der Waals surface area contributed by atoms with Crippen LogP contribution in [0.15, 0.2) is 30.3 Å². The molecule has 4 rings (SSSR count). The van der Waals surface area contributed by atoms with Crippen LogP contribution in [-0.2, 0) is 15.8 Å². The van der Waals surface area contributed by atoms with E-state index in [9.17, 15) is 8.42 Å². The van der Waals surface area contributed by atoms with Gasteiger partial charge in [0.15, 0.2) is 0 Å². The second kappa shape index (κ2) is 7.64. The summed E-state index contributed by atoms with van der Waals surface area (Å²) in [6.45, 7) is 3.92. The van der Waals surface area contributed by atoms with Gasteiger partial charge in [-0.15, -0.1) is 0 Å². The Bertz CT molecular complexity index is 1130. The number of nitrogens with one attached hydrogen (secondary N) is 2. The normalized spacial score (nSPS) is 14.8. The van der Waals surface area contributed by atoms with Gasteiger partial charge in [-0.1, -0.05) is 12.1 Å². The average Bonchev–Trinajstić information content (AvgIpc) is 3.30. The van der Waals surface area contributed by atoms with Crippen molar-refractivity contribution in [2.24, 2.45) is 0 Å². The Labute approximate surface area is 171 Å². The minimum absolute atomic E-state index is 0.0446. The molecule has 1 aliphatic rings. The van der Waals surface area contributed by atoms with Crippen LogP contribution in [-0.4, -0.2) is 54.9 Å². The highest BCUT2D eigenvalue weighted by Crippen LogP contribution is 2.28. The van der Waals surface area contributed by atoms with E-state index >= 15 is 0 Å². The van der Waals surface area contributed by atoms with Crippen molar-refractivity contribution < 1.29 is 8.42 Å². The van der Waals surface area contributed by atoms with Crippen molar-refractivity contribution in [1.29, 1.82) is 0 Å². The molecule has 154 valence electrons. The smallest absolute Gasteiger partial charge is 0.229 e. The largest absolute Gasteiger partial charge is 0.343 e. The number of hydrogen-bond donors (Lipinski definition) is 2. The Kier molecular flexibility index (Phi) is 5.18. The van der Waals surface area contributed by atoms with E-state index in [0.29, 0.717) is 11.8 Å². The van der Waals surface area contributed by atoms with Crippen molar-refractivity contribution in [2.45, 2.75) is 25.5 Å². The number of benzene rings is 1. The molecule has 29 heavy (non-hydrogen) atoms. The highest BCUT2D eigenvalue weighted by Gasteiger charge is 2.19. The first-order chi connectivity index (χ1) is 13.8. The van der Waals surface area contributed by atoms with E-state index in [-0.39, 0.29) is 5.75 Å². The zero-order valence-corrected chi connectivity index (χ0v) is 17.8. The third-order valence-electron chi connectivity index (χ3n) is 5.09. The van der Waals surface area contributed by atoms with E-state index in [1.54, 1.807) is 14.1 Å². The van der Waals surface area contributed by atoms with Crippen molar-refractivity contribution >= 4 is 38.5 Å². The molecule has 9 heteroatoms. The quantitative estimate of drug-likeness (QED) is 0.644. The standard InChI is InChI=1S/C20H26N6O2S/c1-14-11-17-18(21-14)23-20(26-9-4-5-10-26)24-19(17)22-16-8-6-7-15(12-16)13-29(27,28)25(2)3/h6-8,11-12H,4-5,9-10,13H2,1-3H3,(H2,21,22,23,24). The molecule has 0 bridgehead atoms. The van der Waals surface area contributed by atoms with Gasteiger partial charge in [0.05, 0.1) is 11.1 Å². The fourth-order valence-corrected chi connectivity index (χ4v) is 4.36. The number of rotatable bonds is 6. The molecule has 1 saturated heterocycles. The number of H-pyrrole nitrogens is 1. The number of hydrogen-bond acceptors (Lipinski definition) is 6. The van der Waals surface area contributed by atoms with Gasteiger partial charge in [-0.2, -0.15) is 9.97 Å². The molecule has 0 aliphatic carbocycles. The van der Waals surface area contributed by atoms with E-state index in [4.69, 9.17) is 9.97 Å². The molecule has 1 fully saturated rings. The lowest BCUT2D eigenvalue weighted by Gasteiger charge is -2.17. The summed E-state index contributed by atoms with van der Waals surface area (Å²) < 4.78 is 25.7. The summed E-state index contributed by atoms with van der Waals surface area (Å²) in [5.41, 5.74) is 3.33. The fourth-order valence-electron chi connectivity index (χ4n) is 3.50. The highest BCUT2D eigenvalue weighted by atomic mass is 32.2. The van der Waals surface area contributed by atoms with Crippen molar-refractivity contribution in [1.82, 2.24) is 19.3 Å². The number of nitrogens with zero attached hydrogens (tertiary/aromatic N) is 4. The molecule has 3 aromatic rings. The monoisotopic (exact) mass is 414 g/mol. The fraction of sp³-hybridized carbons (Fsp3) is 0.400. The van der Waals surface area contributed by atoms with E-state index in [1.807, 2.05) is 37.3 Å². The second-order valence-corrected chi connectivity index (χ2v) is 9.83. The highest BCUT2D eigenvalue weighted by molar-refractivity contribution is 7.88. The lowest BCUT2D eigenvalue weighted by molar-refractivity contribution is 0.520. The molecule has 0 unspecified atom stereocenters. The maximum Gasteiger partial charge on any atom is 0.229 e. The first-order valence-electron chi connectivity index (χ1n) is 9.70. The predicted molar refractivity (Wildman–Crippen MR) is 116 cm³/mol. The molecule has 0 spiro atoms. The van der Waals surface area contributed by atoms with Crippen LogP contribution < -0.4 is 10.2 Å². The average molecular weight is 415 g/mol. The van der Waals surface area contributed by atoms with Crippen LogP contribution in [0.5, 0.6) is 0 Å². The molecule has 8 nitrogen and oxygen atoms in total. The molecule has 1 aromatic carbocycles. The number of aromatic amines is 1. The first-order valence-corrected chi connectivity index (χ1v) is 11.3. The van der Waals surface area contributed by atoms with Crippen molar-refractivity contribution in [2.75, 3.05) is 37.4 Å². The summed E-state index contributed by atoms with van der Waals surface area (Å²) in [5.74, 6) is 1.39. The molecule has 1 aliphatic heterocycles. The van der Waals surface area contributed by atoms with Gasteiger partial charge in [0.25, 0.3) is 0 Å². The number of fused-ring (bicyclic) bond motifs is 1. The van der Waals surface area contributed by atoms with Crippen LogP contribution in [0.3, 0.4) is 0 Å². The summed E-state index contributed by atoms with van der Waals surface area (Å²) >= 11 is 0. The summed E-state index contributed by atoms with van der Waals surface area (Å²) in [6, 6.07) is 9.45. The van der Waals surface area contributed by atoms with E-state index in [1.165, 1.54) is 4.31 Å². The second-order valence-electron chi connectivity index (χ2n) is 7.64. The van der Waals surface area contributed by atoms with Gasteiger partial charge in [0.2, 0.25) is 16.0 Å². The van der Waals surface area contributed by atoms with Crippen LogP contribution in [0.2, 0.25) is 0 Å². The third kappa shape index (κ3) is 4.20. The van der Waals surface area contributed by atoms with Crippen molar-refractivity contribution in [3.63, 3.8) is 0 Å². The molecule has 0 atom stereocenters. The molecule has 0 radical (unpaired) electrons. The lowest BCUT2D eigenvalue weighted by Crippen LogP contribution is -2.23. The number of aromatic nitrogens is 3. The van der Waals surface area contributed by atoms with E-state index < -0.39 is 10.0 Å². The van der Waals surface area contributed by atoms with Gasteiger partial charge in [-0.05, 0) is 43.5 Å². The third-order valence-corrected chi connectivity index (χ3v) is 6.91. The van der Waals surface area contributed by atoms with Gasteiger partial charge >= 0.3 is 0 Å². The maximum absolute atomic E-state index is 12.2. The van der Waals surface area contributed by atoms with Gasteiger partial charge < -0.3 is 15.2 Å². The number of anilines is 3.